The van der Waals surface area contributed by atoms with Gasteiger partial charge in [-0.2, -0.15) is 0 Å². The van der Waals surface area contributed by atoms with Crippen molar-refractivity contribution in [3.63, 3.8) is 0 Å². The maximum absolute atomic E-state index is 10.8. The van der Waals surface area contributed by atoms with Gasteiger partial charge >= 0.3 is 0 Å². The van der Waals surface area contributed by atoms with Gasteiger partial charge in [0.2, 0.25) is 9.05 Å². The van der Waals surface area contributed by atoms with Crippen LogP contribution in [-0.2, 0) is 9.05 Å². The first kappa shape index (κ1) is 11.3. The van der Waals surface area contributed by atoms with Gasteiger partial charge in [0.05, 0.1) is 5.75 Å². The van der Waals surface area contributed by atoms with Crippen molar-refractivity contribution in [2.24, 2.45) is 17.3 Å². The summed E-state index contributed by atoms with van der Waals surface area (Å²) in [6, 6.07) is 0. The van der Waals surface area contributed by atoms with E-state index in [9.17, 15) is 8.42 Å². The number of hydrogen-bond acceptors (Lipinski definition) is 2. The molecule has 4 heteroatoms. The van der Waals surface area contributed by atoms with Crippen LogP contribution in [0.1, 0.15) is 33.6 Å². The Bertz CT molecular complexity index is 270. The van der Waals surface area contributed by atoms with Gasteiger partial charge in [0.1, 0.15) is 0 Å². The molecular formula is C9H17ClO2S. The van der Waals surface area contributed by atoms with Crippen LogP contribution in [-0.4, -0.2) is 14.2 Å². The van der Waals surface area contributed by atoms with Gasteiger partial charge < -0.3 is 0 Å². The summed E-state index contributed by atoms with van der Waals surface area (Å²) in [5.41, 5.74) is 0.312. The molecule has 78 valence electrons. The summed E-state index contributed by atoms with van der Waals surface area (Å²) >= 11 is 0. The summed E-state index contributed by atoms with van der Waals surface area (Å²) in [7, 11) is 1.89. The van der Waals surface area contributed by atoms with Crippen molar-refractivity contribution in [1.29, 1.82) is 0 Å². The molecule has 0 saturated heterocycles. The first-order chi connectivity index (χ1) is 5.68. The van der Waals surface area contributed by atoms with E-state index >= 15 is 0 Å². The summed E-state index contributed by atoms with van der Waals surface area (Å²) in [6.45, 7) is 6.59. The third-order valence-corrected chi connectivity index (χ3v) is 4.14. The molecule has 0 atom stereocenters. The average molecular weight is 225 g/mol. The molecule has 0 bridgehead atoms. The molecule has 0 N–H and O–H groups in total. The Balaban J connectivity index is 2.35. The second-order valence-electron chi connectivity index (χ2n) is 5.11. The van der Waals surface area contributed by atoms with Crippen LogP contribution >= 0.6 is 10.7 Å². The van der Waals surface area contributed by atoms with E-state index in [1.54, 1.807) is 0 Å². The summed E-state index contributed by atoms with van der Waals surface area (Å²) in [5.74, 6) is 1.11. The van der Waals surface area contributed by atoms with Crippen molar-refractivity contribution in [2.75, 3.05) is 5.75 Å². The van der Waals surface area contributed by atoms with Crippen LogP contribution in [0.4, 0.5) is 0 Å². The van der Waals surface area contributed by atoms with Crippen LogP contribution < -0.4 is 0 Å². The highest BCUT2D eigenvalue weighted by atomic mass is 35.7. The molecule has 0 unspecified atom stereocenters. The van der Waals surface area contributed by atoms with Gasteiger partial charge in [-0.15, -0.1) is 0 Å². The van der Waals surface area contributed by atoms with Crippen LogP contribution in [0.3, 0.4) is 0 Å². The number of halogens is 1. The molecule has 0 aromatic heterocycles. The van der Waals surface area contributed by atoms with Crippen molar-refractivity contribution in [3.05, 3.63) is 0 Å². The van der Waals surface area contributed by atoms with Crippen molar-refractivity contribution in [2.45, 2.75) is 33.6 Å². The Labute approximate surface area is 85.1 Å². The summed E-state index contributed by atoms with van der Waals surface area (Å²) in [4.78, 5) is 0. The van der Waals surface area contributed by atoms with Gasteiger partial charge in [0, 0.05) is 10.7 Å². The molecule has 1 rings (SSSR count). The summed E-state index contributed by atoms with van der Waals surface area (Å²) < 4.78 is 21.5. The van der Waals surface area contributed by atoms with Gasteiger partial charge in [-0.25, -0.2) is 8.42 Å². The Morgan fingerprint density at radius 3 is 2.08 bits per heavy atom. The van der Waals surface area contributed by atoms with Gasteiger partial charge in [-0.1, -0.05) is 20.8 Å². The first-order valence-electron chi connectivity index (χ1n) is 4.61. The summed E-state index contributed by atoms with van der Waals surface area (Å²) in [6.07, 6.45) is 2.02. The highest BCUT2D eigenvalue weighted by molar-refractivity contribution is 8.13. The smallest absolute Gasteiger partial charge is 0.212 e. The van der Waals surface area contributed by atoms with Crippen LogP contribution in [0.5, 0.6) is 0 Å². The lowest BCUT2D eigenvalue weighted by Gasteiger charge is -2.43. The fraction of sp³-hybridized carbons (Fsp3) is 1.00. The van der Waals surface area contributed by atoms with E-state index in [-0.39, 0.29) is 5.75 Å². The SMILES string of the molecule is CC(C)(C)C1CC(CS(=O)(=O)Cl)C1. The Kier molecular flexibility index (Phi) is 2.98. The minimum Gasteiger partial charge on any atom is -0.212 e. The van der Waals surface area contributed by atoms with E-state index in [4.69, 9.17) is 10.7 Å². The van der Waals surface area contributed by atoms with E-state index < -0.39 is 9.05 Å². The number of hydrogen-bond donors (Lipinski definition) is 0. The van der Waals surface area contributed by atoms with E-state index in [1.165, 1.54) is 0 Å². The maximum atomic E-state index is 10.8. The molecule has 0 amide bonds. The molecule has 1 saturated carbocycles. The molecular weight excluding hydrogens is 208 g/mol. The predicted molar refractivity (Wildman–Crippen MR) is 55.3 cm³/mol. The summed E-state index contributed by atoms with van der Waals surface area (Å²) in [5, 5.41) is 0. The fourth-order valence-electron chi connectivity index (χ4n) is 1.86. The molecule has 0 aliphatic heterocycles. The molecule has 0 spiro atoms. The average Bonchev–Trinajstić information content (AvgIpc) is 1.71. The minimum absolute atomic E-state index is 0.154. The zero-order chi connectivity index (χ0) is 10.3. The van der Waals surface area contributed by atoms with Crippen molar-refractivity contribution < 1.29 is 8.42 Å². The van der Waals surface area contributed by atoms with E-state index in [1.807, 2.05) is 0 Å². The monoisotopic (exact) mass is 224 g/mol. The van der Waals surface area contributed by atoms with E-state index in [2.05, 4.69) is 20.8 Å². The van der Waals surface area contributed by atoms with Gasteiger partial charge in [-0.05, 0) is 30.1 Å². The molecule has 13 heavy (non-hydrogen) atoms. The fourth-order valence-corrected chi connectivity index (χ4v) is 3.23. The molecule has 0 heterocycles. The quantitative estimate of drug-likeness (QED) is 0.676. The largest absolute Gasteiger partial charge is 0.232 e. The Hall–Kier alpha value is 0.240. The topological polar surface area (TPSA) is 34.1 Å². The van der Waals surface area contributed by atoms with Crippen LogP contribution in [0.15, 0.2) is 0 Å². The lowest BCUT2D eigenvalue weighted by Crippen LogP contribution is -2.36. The minimum atomic E-state index is -3.28. The van der Waals surface area contributed by atoms with E-state index in [0.29, 0.717) is 17.3 Å². The van der Waals surface area contributed by atoms with Crippen molar-refractivity contribution >= 4 is 19.7 Å². The second kappa shape index (κ2) is 3.43. The second-order valence-corrected chi connectivity index (χ2v) is 7.93. The molecule has 1 aliphatic carbocycles. The van der Waals surface area contributed by atoms with Gasteiger partial charge in [-0.3, -0.25) is 0 Å². The van der Waals surface area contributed by atoms with Gasteiger partial charge in [0.25, 0.3) is 0 Å². The molecule has 2 nitrogen and oxygen atoms in total. The lowest BCUT2D eigenvalue weighted by molar-refractivity contribution is 0.0881. The van der Waals surface area contributed by atoms with Crippen LogP contribution in [0, 0.1) is 17.3 Å². The van der Waals surface area contributed by atoms with Crippen molar-refractivity contribution in [3.8, 4) is 0 Å². The van der Waals surface area contributed by atoms with Gasteiger partial charge in [0.15, 0.2) is 0 Å². The third-order valence-electron chi connectivity index (χ3n) is 2.90. The third kappa shape index (κ3) is 3.47. The standard InChI is InChI=1S/C9H17ClO2S/c1-9(2,3)8-4-7(5-8)6-13(10,11)12/h7-8H,4-6H2,1-3H3. The Morgan fingerprint density at radius 1 is 1.31 bits per heavy atom. The van der Waals surface area contributed by atoms with Crippen LogP contribution in [0.2, 0.25) is 0 Å². The zero-order valence-corrected chi connectivity index (χ0v) is 9.95. The zero-order valence-electron chi connectivity index (χ0n) is 8.38. The van der Waals surface area contributed by atoms with Crippen molar-refractivity contribution in [1.82, 2.24) is 0 Å². The van der Waals surface area contributed by atoms with Crippen LogP contribution in [0.25, 0.3) is 0 Å². The predicted octanol–water partition coefficient (Wildman–Crippen LogP) is 2.63. The van der Waals surface area contributed by atoms with E-state index in [0.717, 1.165) is 12.8 Å². The highest BCUT2D eigenvalue weighted by Gasteiger charge is 2.38. The number of rotatable bonds is 2. The lowest BCUT2D eigenvalue weighted by atomic mass is 9.64. The molecule has 0 aromatic rings. The molecule has 0 aromatic carbocycles. The first-order valence-corrected chi connectivity index (χ1v) is 7.08. The molecule has 0 radical (unpaired) electrons. The maximum Gasteiger partial charge on any atom is 0.232 e. The highest BCUT2D eigenvalue weighted by Crippen LogP contribution is 2.45. The molecule has 1 aliphatic rings. The Morgan fingerprint density at radius 2 is 1.77 bits per heavy atom. The normalized spacial score (nSPS) is 29.8. The molecule has 1 fully saturated rings.